The van der Waals surface area contributed by atoms with Gasteiger partial charge in [-0.2, -0.15) is 0 Å². The third kappa shape index (κ3) is 3.77. The van der Waals surface area contributed by atoms with E-state index in [1.807, 2.05) is 43.3 Å². The monoisotopic (exact) mass is 350 g/mol. The Kier molecular flexibility index (Phi) is 5.26. The highest BCUT2D eigenvalue weighted by atomic mass is 79.9. The average molecular weight is 351 g/mol. The van der Waals surface area contributed by atoms with E-state index in [-0.39, 0.29) is 0 Å². The largest absolute Gasteiger partial charge is 0.496 e. The van der Waals surface area contributed by atoms with Crippen molar-refractivity contribution in [3.8, 4) is 11.5 Å². The Morgan fingerprint density at radius 1 is 1.05 bits per heavy atom. The normalized spacial score (nSPS) is 12.0. The molecule has 0 radical (unpaired) electrons. The lowest BCUT2D eigenvalue weighted by molar-refractivity contribution is 0.173. The van der Waals surface area contributed by atoms with E-state index in [1.54, 1.807) is 14.2 Å². The lowest BCUT2D eigenvalue weighted by Crippen LogP contribution is -2.05. The average Bonchev–Trinajstić information content (AvgIpc) is 2.47. The zero-order valence-electron chi connectivity index (χ0n) is 12.4. The van der Waals surface area contributed by atoms with E-state index in [4.69, 9.17) is 9.47 Å². The van der Waals surface area contributed by atoms with Gasteiger partial charge in [0.1, 0.15) is 11.5 Å². The fraction of sp³-hybridized carbons (Fsp3) is 0.294. The van der Waals surface area contributed by atoms with Crippen LogP contribution in [-0.2, 0) is 6.42 Å². The zero-order valence-corrected chi connectivity index (χ0v) is 14.0. The molecule has 1 atom stereocenters. The van der Waals surface area contributed by atoms with Crippen molar-refractivity contribution in [3.63, 3.8) is 0 Å². The van der Waals surface area contributed by atoms with Crippen LogP contribution in [0.2, 0.25) is 0 Å². The van der Waals surface area contributed by atoms with Gasteiger partial charge in [-0.1, -0.05) is 28.1 Å². The number of aliphatic hydroxyl groups is 1. The second kappa shape index (κ2) is 6.96. The van der Waals surface area contributed by atoms with Crippen molar-refractivity contribution in [2.75, 3.05) is 14.2 Å². The van der Waals surface area contributed by atoms with Crippen molar-refractivity contribution in [1.29, 1.82) is 0 Å². The van der Waals surface area contributed by atoms with Gasteiger partial charge in [0, 0.05) is 16.5 Å². The van der Waals surface area contributed by atoms with Crippen LogP contribution < -0.4 is 9.47 Å². The van der Waals surface area contributed by atoms with E-state index >= 15 is 0 Å². The quantitative estimate of drug-likeness (QED) is 0.883. The van der Waals surface area contributed by atoms with E-state index in [1.165, 1.54) is 0 Å². The molecule has 0 aliphatic rings. The lowest BCUT2D eigenvalue weighted by atomic mass is 9.99. The van der Waals surface area contributed by atoms with Crippen molar-refractivity contribution in [3.05, 3.63) is 57.6 Å². The first-order chi connectivity index (χ1) is 10.0. The molecule has 0 heterocycles. The zero-order chi connectivity index (χ0) is 15.4. The standard InChI is InChI=1S/C17H19BrO3/c1-11-4-6-14(17(8-11)21-3)15(19)10-12-9-13(18)5-7-16(12)20-2/h4-9,15,19H,10H2,1-3H3. The van der Waals surface area contributed by atoms with Crippen molar-refractivity contribution >= 4 is 15.9 Å². The molecule has 0 saturated heterocycles. The van der Waals surface area contributed by atoms with Crippen molar-refractivity contribution in [2.24, 2.45) is 0 Å². The molecule has 3 nitrogen and oxygen atoms in total. The summed E-state index contributed by atoms with van der Waals surface area (Å²) < 4.78 is 11.7. The Morgan fingerprint density at radius 2 is 1.76 bits per heavy atom. The van der Waals surface area contributed by atoms with E-state index in [2.05, 4.69) is 15.9 Å². The highest BCUT2D eigenvalue weighted by molar-refractivity contribution is 9.10. The topological polar surface area (TPSA) is 38.7 Å². The van der Waals surface area contributed by atoms with Gasteiger partial charge in [-0.15, -0.1) is 0 Å². The highest BCUT2D eigenvalue weighted by Crippen LogP contribution is 2.32. The van der Waals surface area contributed by atoms with Gasteiger partial charge in [-0.05, 0) is 42.3 Å². The molecular formula is C17H19BrO3. The van der Waals surface area contributed by atoms with E-state index in [0.29, 0.717) is 12.2 Å². The number of benzene rings is 2. The summed E-state index contributed by atoms with van der Waals surface area (Å²) in [6, 6.07) is 11.6. The molecule has 1 N–H and O–H groups in total. The first-order valence-corrected chi connectivity index (χ1v) is 7.49. The van der Waals surface area contributed by atoms with Gasteiger partial charge in [0.2, 0.25) is 0 Å². The number of halogens is 1. The summed E-state index contributed by atoms with van der Waals surface area (Å²) in [6.07, 6.45) is -0.189. The summed E-state index contributed by atoms with van der Waals surface area (Å²) in [5, 5.41) is 10.5. The van der Waals surface area contributed by atoms with Crippen LogP contribution in [0, 0.1) is 6.92 Å². The van der Waals surface area contributed by atoms with E-state index in [0.717, 1.165) is 26.9 Å². The summed E-state index contributed by atoms with van der Waals surface area (Å²) in [6.45, 7) is 2.00. The molecule has 4 heteroatoms. The van der Waals surface area contributed by atoms with Gasteiger partial charge >= 0.3 is 0 Å². The molecule has 0 bridgehead atoms. The van der Waals surface area contributed by atoms with Gasteiger partial charge < -0.3 is 14.6 Å². The van der Waals surface area contributed by atoms with Gasteiger partial charge in [0.05, 0.1) is 20.3 Å². The molecule has 0 aliphatic heterocycles. The Balaban J connectivity index is 2.30. The maximum atomic E-state index is 10.5. The smallest absolute Gasteiger partial charge is 0.124 e. The maximum absolute atomic E-state index is 10.5. The fourth-order valence-corrected chi connectivity index (χ4v) is 2.73. The number of hydrogen-bond acceptors (Lipinski definition) is 3. The van der Waals surface area contributed by atoms with Crippen LogP contribution in [0.3, 0.4) is 0 Å². The highest BCUT2D eigenvalue weighted by Gasteiger charge is 2.16. The van der Waals surface area contributed by atoms with Crippen molar-refractivity contribution < 1.29 is 14.6 Å². The molecule has 0 aromatic heterocycles. The number of ether oxygens (including phenoxy) is 2. The Bertz CT molecular complexity index is 625. The maximum Gasteiger partial charge on any atom is 0.124 e. The summed E-state index contributed by atoms with van der Waals surface area (Å²) in [5.74, 6) is 1.47. The minimum atomic E-state index is -0.649. The summed E-state index contributed by atoms with van der Waals surface area (Å²) in [5.41, 5.74) is 2.83. The summed E-state index contributed by atoms with van der Waals surface area (Å²) in [7, 11) is 3.25. The Hall–Kier alpha value is -1.52. The van der Waals surface area contributed by atoms with Crippen LogP contribution in [0.25, 0.3) is 0 Å². The lowest BCUT2D eigenvalue weighted by Gasteiger charge is -2.17. The SMILES string of the molecule is COc1ccc(Br)cc1CC(O)c1ccc(C)cc1OC. The van der Waals surface area contributed by atoms with Crippen molar-refractivity contribution in [2.45, 2.75) is 19.4 Å². The van der Waals surface area contributed by atoms with Crippen LogP contribution in [0.15, 0.2) is 40.9 Å². The van der Waals surface area contributed by atoms with Crippen LogP contribution >= 0.6 is 15.9 Å². The van der Waals surface area contributed by atoms with Gasteiger partial charge in [0.15, 0.2) is 0 Å². The third-order valence-electron chi connectivity index (χ3n) is 3.40. The third-order valence-corrected chi connectivity index (χ3v) is 3.90. The van der Waals surface area contributed by atoms with Crippen LogP contribution in [0.5, 0.6) is 11.5 Å². The minimum absolute atomic E-state index is 0.460. The molecular weight excluding hydrogens is 332 g/mol. The predicted octanol–water partition coefficient (Wildman–Crippen LogP) is 4.05. The molecule has 0 spiro atoms. The molecule has 0 saturated carbocycles. The van der Waals surface area contributed by atoms with Crippen LogP contribution in [-0.4, -0.2) is 19.3 Å². The number of aryl methyl sites for hydroxylation is 1. The molecule has 2 rings (SSSR count). The predicted molar refractivity (Wildman–Crippen MR) is 87.1 cm³/mol. The van der Waals surface area contributed by atoms with Crippen LogP contribution in [0.4, 0.5) is 0 Å². The first-order valence-electron chi connectivity index (χ1n) is 6.70. The molecule has 2 aromatic carbocycles. The Morgan fingerprint density at radius 3 is 2.43 bits per heavy atom. The molecule has 0 amide bonds. The van der Waals surface area contributed by atoms with Crippen molar-refractivity contribution in [1.82, 2.24) is 0 Å². The molecule has 21 heavy (non-hydrogen) atoms. The van der Waals surface area contributed by atoms with E-state index < -0.39 is 6.10 Å². The molecule has 112 valence electrons. The summed E-state index contributed by atoms with van der Waals surface area (Å²) >= 11 is 3.45. The van der Waals surface area contributed by atoms with Gasteiger partial charge in [-0.3, -0.25) is 0 Å². The van der Waals surface area contributed by atoms with Crippen LogP contribution in [0.1, 0.15) is 22.8 Å². The Labute approximate surface area is 133 Å². The molecule has 2 aromatic rings. The number of aliphatic hydroxyl groups excluding tert-OH is 1. The number of methoxy groups -OCH3 is 2. The van der Waals surface area contributed by atoms with E-state index in [9.17, 15) is 5.11 Å². The number of rotatable bonds is 5. The molecule has 1 unspecified atom stereocenters. The second-order valence-corrected chi connectivity index (χ2v) is 5.84. The minimum Gasteiger partial charge on any atom is -0.496 e. The second-order valence-electron chi connectivity index (χ2n) is 4.92. The number of hydrogen-bond donors (Lipinski definition) is 1. The molecule has 0 fully saturated rings. The van der Waals surface area contributed by atoms with Gasteiger partial charge in [0.25, 0.3) is 0 Å². The summed E-state index contributed by atoms with van der Waals surface area (Å²) in [4.78, 5) is 0. The first kappa shape index (κ1) is 15.9. The van der Waals surface area contributed by atoms with Gasteiger partial charge in [-0.25, -0.2) is 0 Å². The molecule has 0 aliphatic carbocycles. The fourth-order valence-electron chi connectivity index (χ4n) is 2.32.